The van der Waals surface area contributed by atoms with Gasteiger partial charge < -0.3 is 15.0 Å². The number of amides is 1. The highest BCUT2D eigenvalue weighted by Crippen LogP contribution is 2.40. The first kappa shape index (κ1) is 18.5. The summed E-state index contributed by atoms with van der Waals surface area (Å²) in [5.41, 5.74) is 1.21. The van der Waals surface area contributed by atoms with Crippen molar-refractivity contribution in [2.45, 2.75) is 51.2 Å². The lowest BCUT2D eigenvalue weighted by Gasteiger charge is -2.41. The maximum Gasteiger partial charge on any atom is 0.226 e. The number of aryl methyl sites for hydroxylation is 1. The number of rotatable bonds is 6. The van der Waals surface area contributed by atoms with Crippen molar-refractivity contribution in [2.75, 3.05) is 13.7 Å². The molecule has 0 bridgehead atoms. The fraction of sp³-hybridized carbons (Fsp3) is 0.500. The van der Waals surface area contributed by atoms with Crippen LogP contribution in [0.5, 0.6) is 5.75 Å². The minimum atomic E-state index is 0.149. The Morgan fingerprint density at radius 2 is 2.11 bits per heavy atom. The number of thiophene rings is 1. The van der Waals surface area contributed by atoms with E-state index in [2.05, 4.69) is 41.4 Å². The molecule has 144 valence electrons. The molecule has 27 heavy (non-hydrogen) atoms. The molecule has 0 unspecified atom stereocenters. The van der Waals surface area contributed by atoms with Crippen LogP contribution in [0, 0.1) is 12.8 Å². The Bertz CT molecular complexity index is 799. The predicted octanol–water partition coefficient (Wildman–Crippen LogP) is 4.30. The summed E-state index contributed by atoms with van der Waals surface area (Å²) in [6, 6.07) is 13.0. The Kier molecular flexibility index (Phi) is 5.50. The van der Waals surface area contributed by atoms with Gasteiger partial charge in [-0.1, -0.05) is 12.1 Å². The molecule has 0 spiro atoms. The summed E-state index contributed by atoms with van der Waals surface area (Å²) < 4.78 is 5.34. The molecule has 1 N–H and O–H groups in total. The number of nitrogens with one attached hydrogen (secondary N) is 1. The van der Waals surface area contributed by atoms with Gasteiger partial charge in [-0.3, -0.25) is 4.79 Å². The summed E-state index contributed by atoms with van der Waals surface area (Å²) in [7, 11) is 1.70. The number of hydrogen-bond donors (Lipinski definition) is 1. The molecule has 1 aromatic carbocycles. The van der Waals surface area contributed by atoms with Gasteiger partial charge in [0, 0.05) is 34.8 Å². The molecule has 1 aliphatic heterocycles. The second kappa shape index (κ2) is 8.03. The van der Waals surface area contributed by atoms with Crippen LogP contribution in [0.4, 0.5) is 0 Å². The van der Waals surface area contributed by atoms with E-state index in [-0.39, 0.29) is 18.0 Å². The summed E-state index contributed by atoms with van der Waals surface area (Å²) >= 11 is 1.83. The molecule has 1 saturated carbocycles. The van der Waals surface area contributed by atoms with E-state index >= 15 is 0 Å². The van der Waals surface area contributed by atoms with E-state index in [0.717, 1.165) is 44.5 Å². The van der Waals surface area contributed by atoms with Crippen LogP contribution >= 0.6 is 11.3 Å². The molecule has 4 nitrogen and oxygen atoms in total. The number of hydrogen-bond acceptors (Lipinski definition) is 4. The van der Waals surface area contributed by atoms with Gasteiger partial charge in [0.15, 0.2) is 0 Å². The van der Waals surface area contributed by atoms with Gasteiger partial charge in [-0.15, -0.1) is 11.3 Å². The van der Waals surface area contributed by atoms with Gasteiger partial charge in [0.1, 0.15) is 5.75 Å². The number of carbonyl (C=O) groups excluding carboxylic acids is 1. The Hall–Kier alpha value is -1.85. The molecule has 1 aliphatic carbocycles. The highest BCUT2D eigenvalue weighted by atomic mass is 32.1. The number of carbonyl (C=O) groups is 1. The lowest BCUT2D eigenvalue weighted by molar-refractivity contribution is -0.137. The van der Waals surface area contributed by atoms with Crippen molar-refractivity contribution in [3.8, 4) is 5.75 Å². The summed E-state index contributed by atoms with van der Waals surface area (Å²) in [5, 5.41) is 3.75. The maximum absolute atomic E-state index is 12.9. The lowest BCUT2D eigenvalue weighted by Crippen LogP contribution is -2.50. The Labute approximate surface area is 165 Å². The van der Waals surface area contributed by atoms with Crippen LogP contribution in [0.1, 0.15) is 47.0 Å². The number of benzene rings is 1. The number of nitrogens with zero attached hydrogens (tertiary/aromatic N) is 1. The molecular formula is C22H28N2O2S. The van der Waals surface area contributed by atoms with Crippen molar-refractivity contribution in [2.24, 2.45) is 5.92 Å². The minimum Gasteiger partial charge on any atom is -0.497 e. The Balaban J connectivity index is 1.54. The Morgan fingerprint density at radius 3 is 2.81 bits per heavy atom. The van der Waals surface area contributed by atoms with E-state index in [1.54, 1.807) is 7.11 Å². The van der Waals surface area contributed by atoms with Gasteiger partial charge in [0.25, 0.3) is 0 Å². The second-order valence-corrected chi connectivity index (χ2v) is 9.00. The van der Waals surface area contributed by atoms with Crippen LogP contribution in [0.3, 0.4) is 0 Å². The smallest absolute Gasteiger partial charge is 0.226 e. The van der Waals surface area contributed by atoms with E-state index in [1.807, 2.05) is 23.5 Å². The first-order valence-electron chi connectivity index (χ1n) is 9.89. The zero-order valence-corrected chi connectivity index (χ0v) is 16.9. The molecule has 2 aromatic rings. The Morgan fingerprint density at radius 1 is 1.26 bits per heavy atom. The number of likely N-dealkylation sites (tertiary alicyclic amines) is 1. The van der Waals surface area contributed by atoms with Crippen LogP contribution < -0.4 is 10.1 Å². The maximum atomic E-state index is 12.9. The third kappa shape index (κ3) is 4.19. The van der Waals surface area contributed by atoms with Gasteiger partial charge in [0.05, 0.1) is 13.2 Å². The summed E-state index contributed by atoms with van der Waals surface area (Å²) in [6.45, 7) is 3.81. The molecule has 0 radical (unpaired) electrons. The highest BCUT2D eigenvalue weighted by Gasteiger charge is 2.41. The molecule has 2 aliphatic rings. The normalized spacial score (nSPS) is 22.7. The molecule has 1 saturated heterocycles. The number of ether oxygens (including phenoxy) is 1. The fourth-order valence-corrected chi connectivity index (χ4v) is 5.07. The average Bonchev–Trinajstić information content (AvgIpc) is 3.46. The van der Waals surface area contributed by atoms with Crippen molar-refractivity contribution < 1.29 is 9.53 Å². The van der Waals surface area contributed by atoms with Crippen LogP contribution in [-0.4, -0.2) is 30.5 Å². The first-order chi connectivity index (χ1) is 13.2. The molecule has 1 amide bonds. The van der Waals surface area contributed by atoms with Gasteiger partial charge in [0.2, 0.25) is 5.91 Å². The molecule has 5 heteroatoms. The monoisotopic (exact) mass is 384 g/mol. The fourth-order valence-electron chi connectivity index (χ4n) is 4.02. The molecule has 2 atom stereocenters. The van der Waals surface area contributed by atoms with Crippen molar-refractivity contribution in [3.05, 3.63) is 51.7 Å². The van der Waals surface area contributed by atoms with Gasteiger partial charge in [-0.2, -0.15) is 0 Å². The lowest BCUT2D eigenvalue weighted by atomic mass is 9.93. The molecule has 4 rings (SSSR count). The second-order valence-electron chi connectivity index (χ2n) is 7.68. The van der Waals surface area contributed by atoms with Crippen molar-refractivity contribution in [1.82, 2.24) is 10.2 Å². The van der Waals surface area contributed by atoms with Gasteiger partial charge in [-0.25, -0.2) is 0 Å². The van der Waals surface area contributed by atoms with E-state index in [0.29, 0.717) is 5.91 Å². The van der Waals surface area contributed by atoms with E-state index in [9.17, 15) is 4.79 Å². The summed E-state index contributed by atoms with van der Waals surface area (Å²) in [6.07, 6.45) is 4.29. The highest BCUT2D eigenvalue weighted by molar-refractivity contribution is 7.12. The van der Waals surface area contributed by atoms with Crippen LogP contribution in [0.15, 0.2) is 36.4 Å². The molecular weight excluding hydrogens is 356 g/mol. The summed E-state index contributed by atoms with van der Waals surface area (Å²) in [4.78, 5) is 17.7. The zero-order chi connectivity index (χ0) is 18.8. The van der Waals surface area contributed by atoms with Crippen LogP contribution in [-0.2, 0) is 11.3 Å². The zero-order valence-electron chi connectivity index (χ0n) is 16.1. The van der Waals surface area contributed by atoms with Crippen LogP contribution in [0.2, 0.25) is 0 Å². The number of methoxy groups -OCH3 is 1. The predicted molar refractivity (Wildman–Crippen MR) is 109 cm³/mol. The van der Waals surface area contributed by atoms with Crippen molar-refractivity contribution in [3.63, 3.8) is 0 Å². The van der Waals surface area contributed by atoms with Crippen LogP contribution in [0.25, 0.3) is 0 Å². The standard InChI is InChI=1S/C22H28N2O2S/c1-15-8-11-20(27-15)21-19(7-4-12-24(21)22(25)17-9-10-17)23-14-16-5-3-6-18(13-16)26-2/h3,5-6,8,11,13,17,19,21,23H,4,7,9-10,12,14H2,1-2H3/t19-,21-/m1/s1. The third-order valence-electron chi connectivity index (χ3n) is 5.60. The third-order valence-corrected chi connectivity index (χ3v) is 6.67. The molecule has 2 heterocycles. The largest absolute Gasteiger partial charge is 0.497 e. The van der Waals surface area contributed by atoms with Gasteiger partial charge >= 0.3 is 0 Å². The molecule has 2 fully saturated rings. The minimum absolute atomic E-state index is 0.149. The van der Waals surface area contributed by atoms with E-state index < -0.39 is 0 Å². The summed E-state index contributed by atoms with van der Waals surface area (Å²) in [5.74, 6) is 1.51. The first-order valence-corrected chi connectivity index (χ1v) is 10.7. The topological polar surface area (TPSA) is 41.6 Å². The quantitative estimate of drug-likeness (QED) is 0.807. The SMILES string of the molecule is COc1cccc(CN[C@@H]2CCCN(C(=O)C3CC3)[C@H]2c2ccc(C)s2)c1. The van der Waals surface area contributed by atoms with E-state index in [1.165, 1.54) is 15.3 Å². The number of piperidine rings is 1. The van der Waals surface area contributed by atoms with Crippen molar-refractivity contribution >= 4 is 17.2 Å². The molecule has 1 aromatic heterocycles. The van der Waals surface area contributed by atoms with Crippen molar-refractivity contribution in [1.29, 1.82) is 0 Å². The van der Waals surface area contributed by atoms with E-state index in [4.69, 9.17) is 4.74 Å². The van der Waals surface area contributed by atoms with Gasteiger partial charge in [-0.05, 0) is 62.4 Å². The average molecular weight is 385 g/mol.